The van der Waals surface area contributed by atoms with E-state index in [1.165, 1.54) is 54.9 Å². The minimum absolute atomic E-state index is 0.344. The maximum absolute atomic E-state index is 6.30. The summed E-state index contributed by atoms with van der Waals surface area (Å²) < 4.78 is 12.6. The summed E-state index contributed by atoms with van der Waals surface area (Å²) in [5.41, 5.74) is 17.3. The first kappa shape index (κ1) is 39.3. The molecule has 0 spiro atoms. The second kappa shape index (κ2) is 15.1. The Hall–Kier alpha value is -8.86. The van der Waals surface area contributed by atoms with Crippen molar-refractivity contribution in [3.05, 3.63) is 242 Å². The van der Waals surface area contributed by atoms with Crippen molar-refractivity contribution in [2.75, 3.05) is 9.80 Å². The standard InChI is InChI=1S/C65H44N2O2/c1-65(2)56-26-16-25-50-53-37-44(66(42-19-8-4-9-20-42)45-31-35-60-54(38-45)48-23-12-14-27-58(48)68-60)29-33-51(53)62(41-17-6-3-7-18-41)64(63(50)56)52-34-30-47(40-57(52)65)67(43-21-10-5-11-22-43)46-32-36-61-55(39-46)49-24-13-15-28-59(49)69-61/h3-40H,1-2H3. The zero-order chi connectivity index (χ0) is 45.8. The monoisotopic (exact) mass is 884 g/mol. The lowest BCUT2D eigenvalue weighted by Gasteiger charge is -2.38. The van der Waals surface area contributed by atoms with Gasteiger partial charge >= 0.3 is 0 Å². The Labute approximate surface area is 399 Å². The van der Waals surface area contributed by atoms with Crippen LogP contribution in [0.4, 0.5) is 34.1 Å². The second-order valence-corrected chi connectivity index (χ2v) is 18.8. The molecule has 0 bridgehead atoms. The van der Waals surface area contributed by atoms with Gasteiger partial charge in [-0.1, -0.05) is 147 Å². The van der Waals surface area contributed by atoms with Gasteiger partial charge in [0.1, 0.15) is 22.3 Å². The van der Waals surface area contributed by atoms with Gasteiger partial charge in [0.2, 0.25) is 0 Å². The molecule has 0 unspecified atom stereocenters. The maximum atomic E-state index is 6.30. The fraction of sp³-hybridized carbons (Fsp3) is 0.0462. The summed E-state index contributed by atoms with van der Waals surface area (Å²) in [7, 11) is 0. The molecule has 14 rings (SSSR count). The molecule has 0 saturated carbocycles. The van der Waals surface area contributed by atoms with Crippen LogP contribution in [0.5, 0.6) is 0 Å². The molecule has 11 aromatic carbocycles. The van der Waals surface area contributed by atoms with Crippen LogP contribution in [0.25, 0.3) is 87.7 Å². The van der Waals surface area contributed by atoms with E-state index in [1.54, 1.807) is 0 Å². The lowest BCUT2D eigenvalue weighted by Crippen LogP contribution is -2.24. The van der Waals surface area contributed by atoms with Crippen LogP contribution in [0, 0.1) is 0 Å². The van der Waals surface area contributed by atoms with Crippen LogP contribution in [0.2, 0.25) is 0 Å². The molecule has 0 N–H and O–H groups in total. The molecule has 0 amide bonds. The van der Waals surface area contributed by atoms with Gasteiger partial charge in [0.05, 0.1) is 0 Å². The summed E-state index contributed by atoms with van der Waals surface area (Å²) in [6.45, 7) is 4.80. The minimum Gasteiger partial charge on any atom is -0.456 e. The molecule has 2 aromatic heterocycles. The van der Waals surface area contributed by atoms with Crippen molar-refractivity contribution in [1.29, 1.82) is 0 Å². The van der Waals surface area contributed by atoms with Crippen molar-refractivity contribution in [1.82, 2.24) is 0 Å². The highest BCUT2D eigenvalue weighted by Gasteiger charge is 2.37. The van der Waals surface area contributed by atoms with E-state index in [2.05, 4.69) is 230 Å². The van der Waals surface area contributed by atoms with E-state index in [-0.39, 0.29) is 5.41 Å². The Morgan fingerprint density at radius 2 is 0.768 bits per heavy atom. The molecule has 2 heterocycles. The molecule has 1 aliphatic rings. The molecule has 13 aromatic rings. The van der Waals surface area contributed by atoms with E-state index in [1.807, 2.05) is 24.3 Å². The number of furan rings is 2. The second-order valence-electron chi connectivity index (χ2n) is 18.8. The largest absolute Gasteiger partial charge is 0.456 e. The van der Waals surface area contributed by atoms with Crippen molar-refractivity contribution in [2.24, 2.45) is 0 Å². The Bertz CT molecular complexity index is 4170. The summed E-state index contributed by atoms with van der Waals surface area (Å²) in [5.74, 6) is 0. The van der Waals surface area contributed by atoms with E-state index in [4.69, 9.17) is 8.83 Å². The van der Waals surface area contributed by atoms with Crippen molar-refractivity contribution in [3.63, 3.8) is 0 Å². The predicted molar refractivity (Wildman–Crippen MR) is 288 cm³/mol. The van der Waals surface area contributed by atoms with Crippen LogP contribution in [0.3, 0.4) is 0 Å². The third kappa shape index (κ3) is 6.02. The summed E-state index contributed by atoms with van der Waals surface area (Å²) >= 11 is 0. The average molecular weight is 885 g/mol. The van der Waals surface area contributed by atoms with Crippen LogP contribution in [0.1, 0.15) is 25.0 Å². The number of fused-ring (bicyclic) bond motifs is 10. The number of para-hydroxylation sites is 4. The summed E-state index contributed by atoms with van der Waals surface area (Å²) in [5, 5.41) is 9.42. The molecule has 4 nitrogen and oxygen atoms in total. The van der Waals surface area contributed by atoms with Gasteiger partial charge in [0.15, 0.2) is 0 Å². The number of nitrogens with zero attached hydrogens (tertiary/aromatic N) is 2. The fourth-order valence-corrected chi connectivity index (χ4v) is 11.4. The Morgan fingerprint density at radius 3 is 1.36 bits per heavy atom. The quantitative estimate of drug-likeness (QED) is 0.149. The molecule has 326 valence electrons. The molecular formula is C65H44N2O2. The third-order valence-corrected chi connectivity index (χ3v) is 14.6. The molecule has 69 heavy (non-hydrogen) atoms. The zero-order valence-corrected chi connectivity index (χ0v) is 38.2. The highest BCUT2D eigenvalue weighted by Crippen LogP contribution is 2.56. The van der Waals surface area contributed by atoms with Crippen LogP contribution >= 0.6 is 0 Å². The lowest BCUT2D eigenvalue weighted by atomic mass is 9.66. The highest BCUT2D eigenvalue weighted by molar-refractivity contribution is 6.24. The number of hydrogen-bond donors (Lipinski definition) is 0. The van der Waals surface area contributed by atoms with Crippen molar-refractivity contribution >= 4 is 99.5 Å². The molecule has 4 heteroatoms. The molecule has 0 aliphatic heterocycles. The summed E-state index contributed by atoms with van der Waals surface area (Å²) in [4.78, 5) is 4.77. The number of hydrogen-bond acceptors (Lipinski definition) is 4. The van der Waals surface area contributed by atoms with E-state index in [0.29, 0.717) is 0 Å². The molecule has 0 radical (unpaired) electrons. The van der Waals surface area contributed by atoms with Gasteiger partial charge in [0.25, 0.3) is 0 Å². The van der Waals surface area contributed by atoms with E-state index >= 15 is 0 Å². The van der Waals surface area contributed by atoms with Gasteiger partial charge in [-0.25, -0.2) is 0 Å². The van der Waals surface area contributed by atoms with Gasteiger partial charge in [-0.15, -0.1) is 0 Å². The Morgan fingerprint density at radius 1 is 0.304 bits per heavy atom. The van der Waals surface area contributed by atoms with Crippen molar-refractivity contribution in [3.8, 4) is 22.3 Å². The first-order chi connectivity index (χ1) is 34.0. The number of benzene rings is 11. The fourth-order valence-electron chi connectivity index (χ4n) is 11.4. The van der Waals surface area contributed by atoms with E-state index in [0.717, 1.165) is 78.0 Å². The Balaban J connectivity index is 0.999. The first-order valence-electron chi connectivity index (χ1n) is 23.7. The number of anilines is 6. The summed E-state index contributed by atoms with van der Waals surface area (Å²) in [6, 6.07) is 83.4. The normalized spacial score (nSPS) is 12.9. The number of rotatable bonds is 7. The van der Waals surface area contributed by atoms with E-state index < -0.39 is 0 Å². The van der Waals surface area contributed by atoms with Gasteiger partial charge in [-0.05, 0) is 152 Å². The SMILES string of the molecule is CC1(C)c2cc(N(c3ccccc3)c3ccc4oc5ccccc5c4c3)ccc2-c2c(-c3ccccc3)c3ccc(N(c4ccccc4)c4ccc5oc6ccccc6c5c4)cc3c3cccc1c23. The Kier molecular flexibility index (Phi) is 8.59. The zero-order valence-electron chi connectivity index (χ0n) is 38.2. The van der Waals surface area contributed by atoms with Gasteiger partial charge in [0, 0.05) is 61.1 Å². The molecule has 0 atom stereocenters. The maximum Gasteiger partial charge on any atom is 0.135 e. The first-order valence-corrected chi connectivity index (χ1v) is 23.7. The third-order valence-electron chi connectivity index (χ3n) is 14.6. The van der Waals surface area contributed by atoms with Gasteiger partial charge < -0.3 is 18.6 Å². The molecular weight excluding hydrogens is 841 g/mol. The minimum atomic E-state index is -0.344. The van der Waals surface area contributed by atoms with Gasteiger partial charge in [-0.2, -0.15) is 0 Å². The smallest absolute Gasteiger partial charge is 0.135 e. The van der Waals surface area contributed by atoms with Crippen molar-refractivity contribution < 1.29 is 8.83 Å². The van der Waals surface area contributed by atoms with E-state index in [9.17, 15) is 0 Å². The van der Waals surface area contributed by atoms with Crippen LogP contribution in [-0.4, -0.2) is 0 Å². The average Bonchev–Trinajstić information content (AvgIpc) is 3.97. The van der Waals surface area contributed by atoms with Gasteiger partial charge in [-0.3, -0.25) is 0 Å². The predicted octanol–water partition coefficient (Wildman–Crippen LogP) is 18.7. The molecule has 0 fully saturated rings. The van der Waals surface area contributed by atoms with Crippen molar-refractivity contribution in [2.45, 2.75) is 19.3 Å². The topological polar surface area (TPSA) is 32.8 Å². The molecule has 1 aliphatic carbocycles. The molecule has 0 saturated heterocycles. The van der Waals surface area contributed by atoms with Crippen LogP contribution in [0.15, 0.2) is 239 Å². The highest BCUT2D eigenvalue weighted by atomic mass is 16.3. The van der Waals surface area contributed by atoms with Crippen LogP contribution in [-0.2, 0) is 5.41 Å². The lowest BCUT2D eigenvalue weighted by molar-refractivity contribution is 0.645. The summed E-state index contributed by atoms with van der Waals surface area (Å²) in [6.07, 6.45) is 0. The van der Waals surface area contributed by atoms with Crippen LogP contribution < -0.4 is 9.80 Å².